The summed E-state index contributed by atoms with van der Waals surface area (Å²) in [5.74, 6) is -0.641. The zero-order chi connectivity index (χ0) is 24.1. The van der Waals surface area contributed by atoms with Gasteiger partial charge in [-0.3, -0.25) is 9.59 Å². The predicted molar refractivity (Wildman–Crippen MR) is 133 cm³/mol. The average molecular weight is 457 g/mol. The van der Waals surface area contributed by atoms with Crippen molar-refractivity contribution in [1.29, 1.82) is 0 Å². The first-order valence-electron chi connectivity index (χ1n) is 12.4. The second-order valence-electron chi connectivity index (χ2n) is 8.91. The van der Waals surface area contributed by atoms with E-state index < -0.39 is 18.1 Å². The molecule has 2 amide bonds. The molecule has 0 saturated carbocycles. The Kier molecular flexibility index (Phi) is 11.7. The minimum atomic E-state index is -1.02. The Labute approximate surface area is 197 Å². The van der Waals surface area contributed by atoms with Crippen LogP contribution in [0.25, 0.3) is 10.8 Å². The van der Waals surface area contributed by atoms with Gasteiger partial charge in [-0.25, -0.2) is 0 Å². The number of phenolic OH excluding ortho intramolecular Hbond substituents is 1. The molecule has 0 heterocycles. The minimum Gasteiger partial charge on any atom is -0.508 e. The Morgan fingerprint density at radius 2 is 1.42 bits per heavy atom. The van der Waals surface area contributed by atoms with Gasteiger partial charge in [0.25, 0.3) is 5.91 Å². The maximum absolute atomic E-state index is 12.7. The molecular formula is C27H40N2O4. The van der Waals surface area contributed by atoms with Gasteiger partial charge in [-0.05, 0) is 48.4 Å². The van der Waals surface area contributed by atoms with Crippen LogP contribution >= 0.6 is 0 Å². The molecule has 6 nitrogen and oxygen atoms in total. The highest BCUT2D eigenvalue weighted by atomic mass is 16.3. The number of aliphatic hydroxyl groups excluding tert-OH is 1. The van der Waals surface area contributed by atoms with Crippen molar-refractivity contribution in [3.63, 3.8) is 0 Å². The topological polar surface area (TPSA) is 98.7 Å². The number of hydrogen-bond acceptors (Lipinski definition) is 4. The van der Waals surface area contributed by atoms with Crippen LogP contribution in [0, 0.1) is 0 Å². The fraction of sp³-hybridized carbons (Fsp3) is 0.556. The van der Waals surface area contributed by atoms with E-state index in [1.54, 1.807) is 36.4 Å². The summed E-state index contributed by atoms with van der Waals surface area (Å²) in [4.78, 5) is 25.2. The molecule has 2 atom stereocenters. The number of rotatable bonds is 15. The van der Waals surface area contributed by atoms with Crippen LogP contribution < -0.4 is 10.6 Å². The van der Waals surface area contributed by atoms with Gasteiger partial charge in [0.1, 0.15) is 11.8 Å². The van der Waals surface area contributed by atoms with Gasteiger partial charge in [0.05, 0.1) is 6.10 Å². The van der Waals surface area contributed by atoms with Crippen molar-refractivity contribution in [2.75, 3.05) is 6.54 Å². The maximum Gasteiger partial charge on any atom is 0.252 e. The number of fused-ring (bicyclic) bond motifs is 1. The summed E-state index contributed by atoms with van der Waals surface area (Å²) in [6, 6.07) is 8.97. The highest BCUT2D eigenvalue weighted by Crippen LogP contribution is 2.21. The van der Waals surface area contributed by atoms with E-state index in [1.807, 2.05) is 0 Å². The zero-order valence-electron chi connectivity index (χ0n) is 20.1. The number of benzene rings is 2. The molecular weight excluding hydrogens is 416 g/mol. The molecule has 182 valence electrons. The first-order chi connectivity index (χ1) is 15.9. The van der Waals surface area contributed by atoms with Crippen molar-refractivity contribution in [2.24, 2.45) is 0 Å². The van der Waals surface area contributed by atoms with Crippen LogP contribution in [0.3, 0.4) is 0 Å². The van der Waals surface area contributed by atoms with Gasteiger partial charge in [-0.2, -0.15) is 0 Å². The lowest BCUT2D eigenvalue weighted by molar-refractivity contribution is -0.125. The number of carbonyl (C=O) groups is 2. The molecule has 4 N–H and O–H groups in total. The SMILES string of the molecule is CCCCCCCCCCCCNC(=O)[C@@H](NC(=O)c1ccc2cc(O)ccc2c1)[C@@H](C)O. The Balaban J connectivity index is 1.73. The van der Waals surface area contributed by atoms with E-state index in [9.17, 15) is 19.8 Å². The van der Waals surface area contributed by atoms with Crippen LogP contribution in [-0.2, 0) is 4.79 Å². The summed E-state index contributed by atoms with van der Waals surface area (Å²) in [5.41, 5.74) is 0.390. The third kappa shape index (κ3) is 9.42. The summed E-state index contributed by atoms with van der Waals surface area (Å²) in [5, 5.41) is 26.7. The van der Waals surface area contributed by atoms with E-state index in [0.717, 1.165) is 23.6 Å². The number of nitrogens with one attached hydrogen (secondary N) is 2. The first kappa shape index (κ1) is 26.7. The Hall–Kier alpha value is -2.60. The van der Waals surface area contributed by atoms with Crippen LogP contribution in [-0.4, -0.2) is 40.7 Å². The summed E-state index contributed by atoms with van der Waals surface area (Å²) < 4.78 is 0. The largest absolute Gasteiger partial charge is 0.508 e. The quantitative estimate of drug-likeness (QED) is 0.282. The number of unbranched alkanes of at least 4 members (excludes halogenated alkanes) is 9. The van der Waals surface area contributed by atoms with Gasteiger partial charge >= 0.3 is 0 Å². The summed E-state index contributed by atoms with van der Waals surface area (Å²) in [7, 11) is 0. The summed E-state index contributed by atoms with van der Waals surface area (Å²) >= 11 is 0. The van der Waals surface area contributed by atoms with Gasteiger partial charge in [0.2, 0.25) is 5.91 Å². The first-order valence-corrected chi connectivity index (χ1v) is 12.4. The van der Waals surface area contributed by atoms with Gasteiger partial charge in [-0.1, -0.05) is 76.8 Å². The standard InChI is InChI=1S/C27H40N2O4/c1-3-4-5-6-7-8-9-10-11-12-17-28-27(33)25(20(2)30)29-26(32)23-14-13-22-19-24(31)16-15-21(22)18-23/h13-16,18-20,25,30-31H,3-12,17H2,1-2H3,(H,28,33)(H,29,32)/t20-,25+/m1/s1. The fourth-order valence-electron chi connectivity index (χ4n) is 3.94. The number of hydrogen-bond donors (Lipinski definition) is 4. The van der Waals surface area contributed by atoms with Crippen molar-refractivity contribution in [3.05, 3.63) is 42.0 Å². The molecule has 0 unspecified atom stereocenters. The van der Waals surface area contributed by atoms with Crippen LogP contribution in [0.5, 0.6) is 5.75 Å². The lowest BCUT2D eigenvalue weighted by atomic mass is 10.1. The third-order valence-corrected chi connectivity index (χ3v) is 5.97. The number of phenols is 1. The lowest BCUT2D eigenvalue weighted by Gasteiger charge is -2.21. The molecule has 0 aliphatic rings. The molecule has 0 aromatic heterocycles. The van der Waals surface area contributed by atoms with Crippen molar-refractivity contribution in [1.82, 2.24) is 10.6 Å². The van der Waals surface area contributed by atoms with Crippen LogP contribution in [0.4, 0.5) is 0 Å². The van der Waals surface area contributed by atoms with E-state index in [-0.39, 0.29) is 11.7 Å². The molecule has 0 aliphatic heterocycles. The molecule has 0 saturated heterocycles. The molecule has 6 heteroatoms. The molecule has 0 bridgehead atoms. The van der Waals surface area contributed by atoms with Crippen molar-refractivity contribution >= 4 is 22.6 Å². The van der Waals surface area contributed by atoms with Crippen molar-refractivity contribution < 1.29 is 19.8 Å². The van der Waals surface area contributed by atoms with E-state index in [4.69, 9.17) is 0 Å². The number of amides is 2. The van der Waals surface area contributed by atoms with E-state index in [1.165, 1.54) is 58.3 Å². The fourth-order valence-corrected chi connectivity index (χ4v) is 3.94. The Bertz CT molecular complexity index is 882. The maximum atomic E-state index is 12.7. The highest BCUT2D eigenvalue weighted by molar-refractivity contribution is 6.01. The Morgan fingerprint density at radius 1 is 0.848 bits per heavy atom. The molecule has 0 fully saturated rings. The smallest absolute Gasteiger partial charge is 0.252 e. The third-order valence-electron chi connectivity index (χ3n) is 5.97. The van der Waals surface area contributed by atoms with Crippen LogP contribution in [0.15, 0.2) is 36.4 Å². The van der Waals surface area contributed by atoms with Gasteiger partial charge in [0, 0.05) is 12.1 Å². The number of aromatic hydroxyl groups is 1. The van der Waals surface area contributed by atoms with Crippen LogP contribution in [0.2, 0.25) is 0 Å². The number of aliphatic hydroxyl groups is 1. The second kappa shape index (κ2) is 14.5. The molecule has 0 spiro atoms. The molecule has 2 rings (SSSR count). The predicted octanol–water partition coefficient (Wildman–Crippen LogP) is 5.06. The summed E-state index contributed by atoms with van der Waals surface area (Å²) in [6.07, 6.45) is 11.2. The van der Waals surface area contributed by atoms with Gasteiger partial charge < -0.3 is 20.8 Å². The molecule has 33 heavy (non-hydrogen) atoms. The van der Waals surface area contributed by atoms with Crippen molar-refractivity contribution in [3.8, 4) is 5.75 Å². The van der Waals surface area contributed by atoms with E-state index in [0.29, 0.717) is 12.1 Å². The van der Waals surface area contributed by atoms with E-state index in [2.05, 4.69) is 17.6 Å². The molecule has 0 aliphatic carbocycles. The number of carbonyl (C=O) groups excluding carboxylic acids is 2. The molecule has 0 radical (unpaired) electrons. The second-order valence-corrected chi connectivity index (χ2v) is 8.91. The normalized spacial score (nSPS) is 12.9. The monoisotopic (exact) mass is 456 g/mol. The van der Waals surface area contributed by atoms with Crippen molar-refractivity contribution in [2.45, 2.75) is 90.2 Å². The molecule has 2 aromatic carbocycles. The average Bonchev–Trinajstić information content (AvgIpc) is 2.80. The molecule has 2 aromatic rings. The zero-order valence-corrected chi connectivity index (χ0v) is 20.1. The van der Waals surface area contributed by atoms with Crippen LogP contribution in [0.1, 0.15) is 88.4 Å². The highest BCUT2D eigenvalue weighted by Gasteiger charge is 2.25. The summed E-state index contributed by atoms with van der Waals surface area (Å²) in [6.45, 7) is 4.26. The lowest BCUT2D eigenvalue weighted by Crippen LogP contribution is -2.52. The Morgan fingerprint density at radius 3 is 2.06 bits per heavy atom. The van der Waals surface area contributed by atoms with E-state index >= 15 is 0 Å². The van der Waals surface area contributed by atoms with Gasteiger partial charge in [-0.15, -0.1) is 0 Å². The minimum absolute atomic E-state index is 0.160. The van der Waals surface area contributed by atoms with Gasteiger partial charge in [0.15, 0.2) is 0 Å².